The van der Waals surface area contributed by atoms with Crippen molar-refractivity contribution in [1.29, 1.82) is 0 Å². The van der Waals surface area contributed by atoms with Crippen LogP contribution in [0.3, 0.4) is 0 Å². The van der Waals surface area contributed by atoms with Crippen LogP contribution in [0.25, 0.3) is 33.5 Å². The molecule has 0 fully saturated rings. The molecule has 0 spiro atoms. The van der Waals surface area contributed by atoms with Crippen molar-refractivity contribution >= 4 is 63.9 Å². The Kier molecular flexibility index (Phi) is 26.7. The fourth-order valence-electron chi connectivity index (χ4n) is 8.99. The molecule has 0 saturated carbocycles. The number of alkyl carbamates (subject to hydrolysis) is 1. The average molecular weight is 1230 g/mol. The number of hydrogen-bond acceptors (Lipinski definition) is 17. The largest absolute Gasteiger partial charge is 0.492 e. The molecule has 7 rings (SSSR count). The molecule has 9 N–H and O–H groups in total. The zero-order valence-electron chi connectivity index (χ0n) is 50.1. The molecule has 1 aliphatic heterocycles. The van der Waals surface area contributed by atoms with Crippen molar-refractivity contribution in [3.05, 3.63) is 132 Å². The van der Waals surface area contributed by atoms with Crippen LogP contribution in [0.4, 0.5) is 25.4 Å². The number of amides is 8. The Bertz CT molecular complexity index is 3350. The van der Waals surface area contributed by atoms with Gasteiger partial charge in [0.1, 0.15) is 41.8 Å². The Morgan fingerprint density at radius 1 is 0.719 bits per heavy atom. The Balaban J connectivity index is 0.780. The number of hydrogen-bond donors (Lipinski definition) is 8. The number of nitrogens with two attached hydrogens (primary N) is 1. The fourth-order valence-corrected chi connectivity index (χ4v) is 8.99. The number of rotatable bonds is 38. The number of imide groups is 1. The molecule has 0 radical (unpaired) electrons. The Morgan fingerprint density at radius 3 is 2.13 bits per heavy atom. The molecular formula is C63H77FN12O13. The van der Waals surface area contributed by atoms with Gasteiger partial charge in [-0.1, -0.05) is 44.2 Å². The second-order valence-electron chi connectivity index (χ2n) is 20.9. The van der Waals surface area contributed by atoms with Crippen LogP contribution in [-0.2, 0) is 60.8 Å². The number of fused-ring (bicyclic) bond motifs is 1. The third-order valence-corrected chi connectivity index (χ3v) is 13.6. The standard InChI is InChI=1S/C63H77FN12O13/c1-41(2)57(75-54(77)22-27-84-29-31-86-33-34-87-32-30-85-28-25-76-55(78)20-21-56(76)79)61(81)72-52(13-8-24-66-62(65)82)60(80)71-47-17-14-43(15-18-47)40-89-63(83)67-23-4-5-26-88-49-36-45-35-44(16-19-50(45)69-38-49)58-59(51-12-6-9-42(3)70-51)74-53(73-58)39-68-48-11-7-10-46(64)37-48/h6-7,9-12,14-21,35-38,41,52,57,68H,4-5,8,13,22-34,39-40H2,1-3H3,(H,67,83)(H,71,80)(H,72,81)(H,73,74)(H,75,77)(H3,65,66,82)/t52?,57-/m0/s1. The summed E-state index contributed by atoms with van der Waals surface area (Å²) in [6, 6.07) is 23.7. The molecule has 6 aromatic rings. The number of unbranched alkanes of at least 4 members (excludes halogenated alkanes) is 1. The van der Waals surface area contributed by atoms with E-state index in [0.29, 0.717) is 98.7 Å². The summed E-state index contributed by atoms with van der Waals surface area (Å²) in [5, 5.41) is 17.6. The highest BCUT2D eigenvalue weighted by Gasteiger charge is 2.29. The highest BCUT2D eigenvalue weighted by molar-refractivity contribution is 6.12. The van der Waals surface area contributed by atoms with Crippen LogP contribution >= 0.6 is 0 Å². The lowest BCUT2D eigenvalue weighted by Crippen LogP contribution is -2.54. The fraction of sp³-hybridized carbons (Fsp3) is 0.397. The van der Waals surface area contributed by atoms with E-state index in [1.165, 1.54) is 24.3 Å². The number of imidazole rings is 1. The predicted molar refractivity (Wildman–Crippen MR) is 328 cm³/mol. The zero-order chi connectivity index (χ0) is 63.3. The minimum Gasteiger partial charge on any atom is -0.492 e. The van der Waals surface area contributed by atoms with Crippen LogP contribution in [0.5, 0.6) is 5.75 Å². The minimum absolute atomic E-state index is 0.0359. The number of nitrogens with zero attached hydrogens (tertiary/aromatic N) is 4. The van der Waals surface area contributed by atoms with E-state index in [1.54, 1.807) is 56.4 Å². The van der Waals surface area contributed by atoms with Crippen molar-refractivity contribution in [3.8, 4) is 28.4 Å². The molecular weight excluding hydrogens is 1150 g/mol. The molecule has 4 heterocycles. The van der Waals surface area contributed by atoms with Crippen molar-refractivity contribution in [2.75, 3.05) is 89.7 Å². The number of anilines is 2. The predicted octanol–water partition coefficient (Wildman–Crippen LogP) is 6.23. The Hall–Kier alpha value is -9.37. The quantitative estimate of drug-likeness (QED) is 0.0157. The first-order valence-corrected chi connectivity index (χ1v) is 29.4. The molecule has 474 valence electrons. The first-order valence-electron chi connectivity index (χ1n) is 29.4. The number of urea groups is 1. The molecule has 8 amide bonds. The third kappa shape index (κ3) is 22.7. The van der Waals surface area contributed by atoms with Crippen molar-refractivity contribution in [3.63, 3.8) is 0 Å². The van der Waals surface area contributed by atoms with Gasteiger partial charge in [0.15, 0.2) is 0 Å². The van der Waals surface area contributed by atoms with Gasteiger partial charge in [-0.2, -0.15) is 0 Å². The molecule has 0 bridgehead atoms. The summed E-state index contributed by atoms with van der Waals surface area (Å²) >= 11 is 0. The second-order valence-corrected chi connectivity index (χ2v) is 20.9. The van der Waals surface area contributed by atoms with Crippen molar-refractivity contribution in [2.45, 2.75) is 78.1 Å². The lowest BCUT2D eigenvalue weighted by atomic mass is 10.0. The maximum Gasteiger partial charge on any atom is 0.407 e. The molecule has 2 atom stereocenters. The Labute approximate surface area is 514 Å². The van der Waals surface area contributed by atoms with Crippen molar-refractivity contribution in [1.82, 2.24) is 46.1 Å². The summed E-state index contributed by atoms with van der Waals surface area (Å²) in [6.45, 7) is 8.73. The van der Waals surface area contributed by atoms with E-state index in [9.17, 15) is 38.0 Å². The van der Waals surface area contributed by atoms with Crippen LogP contribution < -0.4 is 42.4 Å². The molecule has 0 aliphatic carbocycles. The van der Waals surface area contributed by atoms with E-state index in [2.05, 4.69) is 41.9 Å². The molecule has 26 heteroatoms. The molecule has 1 aliphatic rings. The Morgan fingerprint density at radius 2 is 1.43 bits per heavy atom. The molecule has 3 aromatic heterocycles. The number of H-pyrrole nitrogens is 1. The molecule has 0 saturated heterocycles. The van der Waals surface area contributed by atoms with Gasteiger partial charge in [0.2, 0.25) is 17.7 Å². The highest BCUT2D eigenvalue weighted by Crippen LogP contribution is 2.32. The summed E-state index contributed by atoms with van der Waals surface area (Å²) < 4.78 is 47.2. The number of nitrogens with one attached hydrogen (secondary N) is 7. The number of carbonyl (C=O) groups excluding carboxylic acids is 7. The van der Waals surface area contributed by atoms with Gasteiger partial charge < -0.3 is 71.0 Å². The van der Waals surface area contributed by atoms with Crippen molar-refractivity contribution in [2.24, 2.45) is 11.7 Å². The molecule has 25 nitrogen and oxygen atoms in total. The summed E-state index contributed by atoms with van der Waals surface area (Å²) in [5.74, 6) is -1.72. The average Bonchev–Trinajstić information content (AvgIpc) is 2.03. The van der Waals surface area contributed by atoms with E-state index >= 15 is 0 Å². The first kappa shape index (κ1) is 67.1. The molecule has 3 aromatic carbocycles. The number of benzene rings is 3. The second kappa shape index (κ2) is 35.4. The summed E-state index contributed by atoms with van der Waals surface area (Å²) in [7, 11) is 0. The highest BCUT2D eigenvalue weighted by atomic mass is 19.1. The lowest BCUT2D eigenvalue weighted by molar-refractivity contribution is -0.137. The number of aromatic nitrogens is 4. The van der Waals surface area contributed by atoms with Gasteiger partial charge in [-0.15, -0.1) is 0 Å². The molecule has 1 unspecified atom stereocenters. The van der Waals surface area contributed by atoms with Gasteiger partial charge in [0, 0.05) is 59.7 Å². The summed E-state index contributed by atoms with van der Waals surface area (Å²) in [5.41, 5.74) is 11.6. The number of pyridine rings is 2. The van der Waals surface area contributed by atoms with Crippen LogP contribution in [0.1, 0.15) is 63.0 Å². The van der Waals surface area contributed by atoms with Gasteiger partial charge in [-0.05, 0) is 105 Å². The van der Waals surface area contributed by atoms with Gasteiger partial charge in [0.05, 0.1) is 95.7 Å². The van der Waals surface area contributed by atoms with E-state index in [-0.39, 0.29) is 89.1 Å². The summed E-state index contributed by atoms with van der Waals surface area (Å²) in [6.07, 6.45) is 5.14. The van der Waals surface area contributed by atoms with Crippen LogP contribution in [0.2, 0.25) is 0 Å². The van der Waals surface area contributed by atoms with E-state index < -0.39 is 41.9 Å². The number of aryl methyl sites for hydroxylation is 1. The number of aromatic amines is 1. The molecule has 89 heavy (non-hydrogen) atoms. The van der Waals surface area contributed by atoms with E-state index in [4.69, 9.17) is 44.1 Å². The van der Waals surface area contributed by atoms with E-state index in [0.717, 1.165) is 32.8 Å². The zero-order valence-corrected chi connectivity index (χ0v) is 50.1. The van der Waals surface area contributed by atoms with E-state index in [1.807, 2.05) is 49.4 Å². The maximum atomic E-state index is 13.9. The van der Waals surface area contributed by atoms with Crippen molar-refractivity contribution < 1.29 is 66.4 Å². The SMILES string of the molecule is Cc1cccc(-c2nc(CNc3cccc(F)c3)[nH]c2-c2ccc3ncc(OCCCCNC(=O)OCc4ccc(NC(=O)C(CCCNC(N)=O)NC(=O)[C@@H](NC(=O)CCOCCOCCOCCOCCN5C(=O)C=CC5=O)C(C)C)cc4)cc3c2)n1. The minimum atomic E-state index is -1.06. The number of halogens is 1. The van der Waals surface area contributed by atoms with Crippen LogP contribution in [-0.4, -0.2) is 158 Å². The van der Waals surface area contributed by atoms with Gasteiger partial charge in [-0.3, -0.25) is 38.8 Å². The van der Waals surface area contributed by atoms with Gasteiger partial charge >= 0.3 is 12.1 Å². The maximum absolute atomic E-state index is 13.9. The first-order chi connectivity index (χ1) is 43.1. The lowest BCUT2D eigenvalue weighted by Gasteiger charge is -2.25. The third-order valence-electron chi connectivity index (χ3n) is 13.6. The normalized spacial score (nSPS) is 12.7. The van der Waals surface area contributed by atoms with Gasteiger partial charge in [-0.25, -0.2) is 19.0 Å². The summed E-state index contributed by atoms with van der Waals surface area (Å²) in [4.78, 5) is 106. The smallest absolute Gasteiger partial charge is 0.407 e. The van der Waals surface area contributed by atoms with Crippen LogP contribution in [0, 0.1) is 18.7 Å². The van der Waals surface area contributed by atoms with Crippen LogP contribution in [0.15, 0.2) is 109 Å². The number of primary amides is 1. The number of ether oxygens (including phenoxy) is 6. The number of carbonyl (C=O) groups is 7. The van der Waals surface area contributed by atoms with Gasteiger partial charge in [0.25, 0.3) is 11.8 Å². The topological polar surface area (TPSA) is 331 Å². The monoisotopic (exact) mass is 1230 g/mol.